The van der Waals surface area contributed by atoms with Crippen molar-refractivity contribution in [3.05, 3.63) is 71.8 Å². The van der Waals surface area contributed by atoms with Gasteiger partial charge in [0.15, 0.2) is 0 Å². The molecule has 5 nitrogen and oxygen atoms in total. The van der Waals surface area contributed by atoms with Gasteiger partial charge in [0.05, 0.1) is 7.11 Å². The molecule has 0 radical (unpaired) electrons. The maximum atomic E-state index is 13.0. The molecule has 1 saturated heterocycles. The van der Waals surface area contributed by atoms with Crippen LogP contribution in [0.15, 0.2) is 60.7 Å². The van der Waals surface area contributed by atoms with Gasteiger partial charge in [-0.2, -0.15) is 0 Å². The molecular formula is C23H25NO4. The third kappa shape index (κ3) is 5.22. The molecule has 0 spiro atoms. The van der Waals surface area contributed by atoms with Gasteiger partial charge in [-0.1, -0.05) is 42.5 Å². The average Bonchev–Trinajstić information content (AvgIpc) is 2.77. The molecule has 2 aromatic carbocycles. The number of hydrogen-bond donors (Lipinski definition) is 0. The zero-order chi connectivity index (χ0) is 19.8. The Balaban J connectivity index is 1.73. The van der Waals surface area contributed by atoms with Gasteiger partial charge in [-0.05, 0) is 43.0 Å². The summed E-state index contributed by atoms with van der Waals surface area (Å²) in [7, 11) is 1.59. The van der Waals surface area contributed by atoms with Crippen molar-refractivity contribution in [2.45, 2.75) is 25.4 Å². The van der Waals surface area contributed by atoms with Crippen molar-refractivity contribution in [1.29, 1.82) is 0 Å². The van der Waals surface area contributed by atoms with Crippen LogP contribution in [0.1, 0.15) is 36.5 Å². The van der Waals surface area contributed by atoms with E-state index in [2.05, 4.69) is 0 Å². The monoisotopic (exact) mass is 379 g/mol. The van der Waals surface area contributed by atoms with Gasteiger partial charge in [0.1, 0.15) is 5.75 Å². The molecule has 1 aliphatic rings. The summed E-state index contributed by atoms with van der Waals surface area (Å²) in [5.74, 6) is -0.00554. The van der Waals surface area contributed by atoms with Gasteiger partial charge >= 0.3 is 5.97 Å². The Kier molecular flexibility index (Phi) is 6.84. The third-order valence-corrected chi connectivity index (χ3v) is 4.73. The molecule has 1 heterocycles. The smallest absolute Gasteiger partial charge is 0.331 e. The molecule has 1 amide bonds. The Morgan fingerprint density at radius 3 is 2.46 bits per heavy atom. The molecule has 2 aromatic rings. The molecule has 28 heavy (non-hydrogen) atoms. The van der Waals surface area contributed by atoms with Crippen LogP contribution in [0.5, 0.6) is 5.75 Å². The van der Waals surface area contributed by atoms with Crippen molar-refractivity contribution in [1.82, 2.24) is 4.90 Å². The lowest BCUT2D eigenvalue weighted by atomic mass is 10.1. The summed E-state index contributed by atoms with van der Waals surface area (Å²) in [6, 6.07) is 16.5. The summed E-state index contributed by atoms with van der Waals surface area (Å²) < 4.78 is 10.8. The molecule has 0 bridgehead atoms. The molecule has 0 saturated carbocycles. The van der Waals surface area contributed by atoms with Gasteiger partial charge in [0, 0.05) is 24.7 Å². The van der Waals surface area contributed by atoms with E-state index in [0.717, 1.165) is 24.8 Å². The lowest BCUT2D eigenvalue weighted by molar-refractivity contribution is -0.157. The summed E-state index contributed by atoms with van der Waals surface area (Å²) in [6.07, 6.45) is 5.16. The van der Waals surface area contributed by atoms with Crippen LogP contribution < -0.4 is 4.74 Å². The number of nitrogens with zero attached hydrogens (tertiary/aromatic N) is 1. The van der Waals surface area contributed by atoms with E-state index in [4.69, 9.17) is 9.47 Å². The quantitative estimate of drug-likeness (QED) is 0.562. The number of carbonyl (C=O) groups is 2. The Morgan fingerprint density at radius 2 is 1.75 bits per heavy atom. The number of methoxy groups -OCH3 is 1. The van der Waals surface area contributed by atoms with E-state index in [-0.39, 0.29) is 5.91 Å². The van der Waals surface area contributed by atoms with Crippen LogP contribution in [-0.2, 0) is 14.3 Å². The lowest BCUT2D eigenvalue weighted by Crippen LogP contribution is -2.40. The second-order valence-electron chi connectivity index (χ2n) is 6.72. The minimum absolute atomic E-state index is 0.158. The minimum Gasteiger partial charge on any atom is -0.497 e. The van der Waals surface area contributed by atoms with Crippen LogP contribution in [0.2, 0.25) is 0 Å². The first-order valence-corrected chi connectivity index (χ1v) is 9.54. The van der Waals surface area contributed by atoms with Gasteiger partial charge in [-0.3, -0.25) is 4.79 Å². The van der Waals surface area contributed by atoms with Crippen molar-refractivity contribution >= 4 is 18.0 Å². The summed E-state index contributed by atoms with van der Waals surface area (Å²) >= 11 is 0. The molecule has 0 unspecified atom stereocenters. The van der Waals surface area contributed by atoms with E-state index >= 15 is 0 Å². The Labute approximate surface area is 165 Å². The Bertz CT molecular complexity index is 826. The number of likely N-dealkylation sites (tertiary alicyclic amines) is 1. The maximum Gasteiger partial charge on any atom is 0.331 e. The highest BCUT2D eigenvalue weighted by molar-refractivity contribution is 5.91. The molecular weight excluding hydrogens is 354 g/mol. The lowest BCUT2D eigenvalue weighted by Gasteiger charge is -2.30. The van der Waals surface area contributed by atoms with E-state index in [1.807, 2.05) is 54.6 Å². The minimum atomic E-state index is -0.929. The highest BCUT2D eigenvalue weighted by Gasteiger charge is 2.29. The summed E-state index contributed by atoms with van der Waals surface area (Å²) in [6.45, 7) is 1.42. The predicted molar refractivity (Wildman–Crippen MR) is 108 cm³/mol. The van der Waals surface area contributed by atoms with E-state index in [1.165, 1.54) is 6.08 Å². The van der Waals surface area contributed by atoms with Crippen molar-refractivity contribution in [2.75, 3.05) is 20.2 Å². The van der Waals surface area contributed by atoms with Gasteiger partial charge in [-0.15, -0.1) is 0 Å². The molecule has 5 heteroatoms. The van der Waals surface area contributed by atoms with E-state index in [0.29, 0.717) is 24.4 Å². The number of rotatable bonds is 6. The van der Waals surface area contributed by atoms with Crippen molar-refractivity contribution < 1.29 is 19.1 Å². The fourth-order valence-corrected chi connectivity index (χ4v) is 3.23. The van der Waals surface area contributed by atoms with Crippen LogP contribution in [0, 0.1) is 0 Å². The van der Waals surface area contributed by atoms with Crippen molar-refractivity contribution in [3.63, 3.8) is 0 Å². The third-order valence-electron chi connectivity index (χ3n) is 4.73. The largest absolute Gasteiger partial charge is 0.497 e. The highest BCUT2D eigenvalue weighted by atomic mass is 16.5. The second kappa shape index (κ2) is 9.74. The zero-order valence-corrected chi connectivity index (χ0v) is 16.0. The van der Waals surface area contributed by atoms with E-state index in [9.17, 15) is 9.59 Å². The first-order chi connectivity index (χ1) is 13.7. The van der Waals surface area contributed by atoms with Crippen molar-refractivity contribution in [3.8, 4) is 5.75 Å². The van der Waals surface area contributed by atoms with Gasteiger partial charge in [-0.25, -0.2) is 4.79 Å². The number of amides is 1. The number of carbonyl (C=O) groups excluding carboxylic acids is 2. The molecule has 0 aliphatic carbocycles. The fraction of sp³-hybridized carbons (Fsp3) is 0.304. The van der Waals surface area contributed by atoms with E-state index in [1.54, 1.807) is 18.1 Å². The van der Waals surface area contributed by atoms with Crippen LogP contribution in [0.4, 0.5) is 0 Å². The van der Waals surface area contributed by atoms with Crippen LogP contribution in [-0.4, -0.2) is 37.0 Å². The zero-order valence-electron chi connectivity index (χ0n) is 16.0. The number of ether oxygens (including phenoxy) is 2. The average molecular weight is 379 g/mol. The Hall–Kier alpha value is -3.08. The van der Waals surface area contributed by atoms with Gasteiger partial charge < -0.3 is 14.4 Å². The number of piperidine rings is 1. The van der Waals surface area contributed by atoms with Gasteiger partial charge in [0.25, 0.3) is 5.91 Å². The Morgan fingerprint density at radius 1 is 1.00 bits per heavy atom. The normalized spacial score (nSPS) is 15.2. The number of esters is 1. The summed E-state index contributed by atoms with van der Waals surface area (Å²) in [5.41, 5.74) is 1.50. The SMILES string of the molecule is COc1cccc(/C=C/C(=O)O[C@H](C(=O)N2CCCCC2)c2ccccc2)c1. The first kappa shape index (κ1) is 19.7. The molecule has 1 aliphatic heterocycles. The van der Waals surface area contributed by atoms with Crippen LogP contribution >= 0.6 is 0 Å². The second-order valence-corrected chi connectivity index (χ2v) is 6.72. The fourth-order valence-electron chi connectivity index (χ4n) is 3.23. The molecule has 1 fully saturated rings. The predicted octanol–water partition coefficient (Wildman–Crippen LogP) is 4.01. The number of hydrogen-bond acceptors (Lipinski definition) is 4. The topological polar surface area (TPSA) is 55.8 Å². The molecule has 1 atom stereocenters. The summed E-state index contributed by atoms with van der Waals surface area (Å²) in [5, 5.41) is 0. The standard InChI is InChI=1S/C23H25NO4/c1-27-20-12-8-9-18(17-20)13-14-21(25)28-22(19-10-4-2-5-11-19)23(26)24-15-6-3-7-16-24/h2,4-5,8-14,17,22H,3,6-7,15-16H2,1H3/b14-13+/t22-/m0/s1. The molecule has 0 aromatic heterocycles. The first-order valence-electron chi connectivity index (χ1n) is 9.54. The number of benzene rings is 2. The molecule has 0 N–H and O–H groups in total. The highest BCUT2D eigenvalue weighted by Crippen LogP contribution is 2.23. The molecule has 146 valence electrons. The maximum absolute atomic E-state index is 13.0. The van der Waals surface area contributed by atoms with Crippen LogP contribution in [0.3, 0.4) is 0 Å². The summed E-state index contributed by atoms with van der Waals surface area (Å²) in [4.78, 5) is 27.2. The van der Waals surface area contributed by atoms with Crippen LogP contribution in [0.25, 0.3) is 6.08 Å². The van der Waals surface area contributed by atoms with E-state index < -0.39 is 12.1 Å². The molecule has 3 rings (SSSR count). The van der Waals surface area contributed by atoms with Gasteiger partial charge in [0.2, 0.25) is 6.10 Å². The van der Waals surface area contributed by atoms with Crippen molar-refractivity contribution in [2.24, 2.45) is 0 Å².